The van der Waals surface area contributed by atoms with E-state index in [9.17, 15) is 33.6 Å². The Kier molecular flexibility index (Phi) is 43.4. The molecule has 0 aromatic carbocycles. The first-order chi connectivity index (χ1) is 38.9. The summed E-state index contributed by atoms with van der Waals surface area (Å²) in [6, 6.07) is -1.38. The molecule has 0 unspecified atom stereocenters. The molecule has 1 fully saturated rings. The van der Waals surface area contributed by atoms with Gasteiger partial charge in [-0.3, -0.25) is 33.7 Å². The van der Waals surface area contributed by atoms with E-state index < -0.39 is 42.0 Å². The van der Waals surface area contributed by atoms with Crippen LogP contribution in [-0.4, -0.2) is 130 Å². The van der Waals surface area contributed by atoms with Crippen LogP contribution in [0.5, 0.6) is 0 Å². The number of carbonyl (C=O) groups excluding carboxylic acids is 7. The van der Waals surface area contributed by atoms with Crippen LogP contribution in [0.4, 0.5) is 4.79 Å². The first-order valence-electron chi connectivity index (χ1n) is 32.1. The molecule has 462 valence electrons. The van der Waals surface area contributed by atoms with Crippen LogP contribution >= 0.6 is 0 Å². The van der Waals surface area contributed by atoms with Crippen molar-refractivity contribution >= 4 is 41.9 Å². The monoisotopic (exact) mass is 1130 g/mol. The van der Waals surface area contributed by atoms with Gasteiger partial charge in [0.2, 0.25) is 0 Å². The van der Waals surface area contributed by atoms with Gasteiger partial charge in [-0.2, -0.15) is 0 Å². The minimum atomic E-state index is -0.689. The standard InChI is InChI=1S/C64H112N2O14/c1-6-10-14-18-22-26-35-58(67)75-47-54(48-76-59(68)36-27-23-19-15-11-7-2)45-62(71)79-51-56-33-30-31-34-57(66(56)64(73)74-44-32-41-65-42-39-53(5)40-43-65)52-80-63(72)46-55(49-77-60(69)37-28-24-20-16-12-8-3)50-78-61(70)38-29-25-21-17-13-9-4/h30-31,53-57H,6-29,32-52H2,1-5H3/t56-,57+. The number of ether oxygens (including phenoxy) is 7. The largest absolute Gasteiger partial charge is 0.465 e. The second kappa shape index (κ2) is 48.3. The SMILES string of the molecule is CCCCCCCCC(=O)OCC(COC(=O)CCCCCCCC)CC(=O)OC[C@H]1CC=CC[C@@H](COC(=O)CC(COC(=O)CCCCCCCC)COC(=O)CCCCCCCC)N1C(=O)OCCCN1CCC(C)CC1. The summed E-state index contributed by atoms with van der Waals surface area (Å²) < 4.78 is 40.3. The predicted octanol–water partition coefficient (Wildman–Crippen LogP) is 13.9. The Morgan fingerprint density at radius 2 is 0.738 bits per heavy atom. The van der Waals surface area contributed by atoms with E-state index in [0.29, 0.717) is 50.9 Å². The van der Waals surface area contributed by atoms with Gasteiger partial charge in [0.05, 0.1) is 58.0 Å². The van der Waals surface area contributed by atoms with E-state index in [-0.39, 0.29) is 109 Å². The van der Waals surface area contributed by atoms with Crippen LogP contribution in [0, 0.1) is 17.8 Å². The summed E-state index contributed by atoms with van der Waals surface area (Å²) >= 11 is 0. The number of hydrogen-bond donors (Lipinski definition) is 0. The average Bonchev–Trinajstić information content (AvgIpc) is 3.66. The minimum absolute atomic E-state index is 0.118. The topological polar surface area (TPSA) is 191 Å². The summed E-state index contributed by atoms with van der Waals surface area (Å²) in [4.78, 5) is 96.8. The Bertz CT molecular complexity index is 1520. The third kappa shape index (κ3) is 37.7. The lowest BCUT2D eigenvalue weighted by Crippen LogP contribution is -2.51. The number of carbonyl (C=O) groups is 7. The molecule has 2 atom stereocenters. The Labute approximate surface area is 483 Å². The van der Waals surface area contributed by atoms with Gasteiger partial charge in [0, 0.05) is 44.1 Å². The fourth-order valence-corrected chi connectivity index (χ4v) is 10.1. The lowest BCUT2D eigenvalue weighted by molar-refractivity contribution is -0.156. The van der Waals surface area contributed by atoms with Crippen LogP contribution in [-0.2, 0) is 61.9 Å². The maximum absolute atomic E-state index is 14.3. The molecule has 80 heavy (non-hydrogen) atoms. The Morgan fingerprint density at radius 3 is 1.07 bits per heavy atom. The van der Waals surface area contributed by atoms with Crippen molar-refractivity contribution < 1.29 is 66.7 Å². The van der Waals surface area contributed by atoms with E-state index in [1.54, 1.807) is 0 Å². The maximum atomic E-state index is 14.3. The molecule has 0 bridgehead atoms. The van der Waals surface area contributed by atoms with Gasteiger partial charge >= 0.3 is 41.9 Å². The quantitative estimate of drug-likeness (QED) is 0.0242. The number of unbranched alkanes of at least 4 members (excludes halogenated alkanes) is 20. The van der Waals surface area contributed by atoms with Crippen LogP contribution < -0.4 is 0 Å². The third-order valence-corrected chi connectivity index (χ3v) is 15.3. The fraction of sp³-hybridized carbons (Fsp3) is 0.859. The molecule has 0 aliphatic carbocycles. The van der Waals surface area contributed by atoms with E-state index in [1.165, 1.54) is 4.90 Å². The Balaban J connectivity index is 2.20. The number of rotatable bonds is 48. The van der Waals surface area contributed by atoms with Crippen LogP contribution in [0.25, 0.3) is 0 Å². The molecule has 0 radical (unpaired) electrons. The molecule has 2 aliphatic rings. The molecule has 16 heteroatoms. The molecule has 2 heterocycles. The Morgan fingerprint density at radius 1 is 0.412 bits per heavy atom. The zero-order chi connectivity index (χ0) is 58.3. The van der Waals surface area contributed by atoms with Gasteiger partial charge in [-0.25, -0.2) is 4.79 Å². The van der Waals surface area contributed by atoms with Gasteiger partial charge in [-0.05, 0) is 76.8 Å². The lowest BCUT2D eigenvalue weighted by atomic mass is 9.99. The van der Waals surface area contributed by atoms with Gasteiger partial charge < -0.3 is 38.1 Å². The van der Waals surface area contributed by atoms with Crippen molar-refractivity contribution in [3.8, 4) is 0 Å². The van der Waals surface area contributed by atoms with Crippen LogP contribution in [0.1, 0.15) is 259 Å². The second-order valence-corrected chi connectivity index (χ2v) is 23.0. The molecular weight excluding hydrogens is 1020 g/mol. The molecule has 16 nitrogen and oxygen atoms in total. The molecular formula is C64H112N2O14. The zero-order valence-corrected chi connectivity index (χ0v) is 51.0. The number of piperidine rings is 1. The van der Waals surface area contributed by atoms with Crippen molar-refractivity contribution in [1.29, 1.82) is 0 Å². The number of amides is 1. The molecule has 2 aliphatic heterocycles. The first-order valence-corrected chi connectivity index (χ1v) is 32.1. The highest BCUT2D eigenvalue weighted by Gasteiger charge is 2.35. The number of likely N-dealkylation sites (tertiary alicyclic amines) is 1. The average molecular weight is 1130 g/mol. The lowest BCUT2D eigenvalue weighted by Gasteiger charge is -2.35. The molecule has 1 saturated heterocycles. The van der Waals surface area contributed by atoms with Gasteiger partial charge in [-0.1, -0.05) is 175 Å². The number of hydrogen-bond acceptors (Lipinski definition) is 15. The highest BCUT2D eigenvalue weighted by molar-refractivity contribution is 5.73. The second-order valence-electron chi connectivity index (χ2n) is 23.0. The summed E-state index contributed by atoms with van der Waals surface area (Å²) in [6.45, 7) is 13.0. The fourth-order valence-electron chi connectivity index (χ4n) is 10.1. The highest BCUT2D eigenvalue weighted by Crippen LogP contribution is 2.23. The molecule has 0 saturated carbocycles. The molecule has 2 rings (SSSR count). The normalized spacial score (nSPS) is 15.9. The van der Waals surface area contributed by atoms with E-state index in [1.807, 2.05) is 12.2 Å². The van der Waals surface area contributed by atoms with Crippen LogP contribution in [0.3, 0.4) is 0 Å². The zero-order valence-electron chi connectivity index (χ0n) is 51.0. The molecule has 0 aromatic rings. The van der Waals surface area contributed by atoms with Crippen molar-refractivity contribution in [3.63, 3.8) is 0 Å². The molecule has 0 N–H and O–H groups in total. The van der Waals surface area contributed by atoms with E-state index >= 15 is 0 Å². The third-order valence-electron chi connectivity index (χ3n) is 15.3. The first kappa shape index (κ1) is 71.9. The van der Waals surface area contributed by atoms with Crippen LogP contribution in [0.2, 0.25) is 0 Å². The summed E-state index contributed by atoms with van der Waals surface area (Å²) in [5.74, 6) is -3.29. The molecule has 1 amide bonds. The summed E-state index contributed by atoms with van der Waals surface area (Å²) in [5, 5.41) is 0. The van der Waals surface area contributed by atoms with Gasteiger partial charge in [0.25, 0.3) is 0 Å². The highest BCUT2D eigenvalue weighted by atomic mass is 16.6. The van der Waals surface area contributed by atoms with Crippen molar-refractivity contribution in [2.24, 2.45) is 17.8 Å². The summed E-state index contributed by atoms with van der Waals surface area (Å²) in [6.07, 6.45) is 31.9. The van der Waals surface area contributed by atoms with E-state index in [2.05, 4.69) is 39.5 Å². The predicted molar refractivity (Wildman–Crippen MR) is 313 cm³/mol. The van der Waals surface area contributed by atoms with Crippen molar-refractivity contribution in [2.75, 3.05) is 65.9 Å². The van der Waals surface area contributed by atoms with Gasteiger partial charge in [0.15, 0.2) is 0 Å². The maximum Gasteiger partial charge on any atom is 0.410 e. The minimum Gasteiger partial charge on any atom is -0.465 e. The van der Waals surface area contributed by atoms with E-state index in [0.717, 1.165) is 161 Å². The molecule has 0 aromatic heterocycles. The number of esters is 6. The smallest absolute Gasteiger partial charge is 0.410 e. The van der Waals surface area contributed by atoms with Crippen molar-refractivity contribution in [1.82, 2.24) is 9.80 Å². The molecule has 0 spiro atoms. The van der Waals surface area contributed by atoms with Gasteiger partial charge in [-0.15, -0.1) is 0 Å². The van der Waals surface area contributed by atoms with Crippen molar-refractivity contribution in [3.05, 3.63) is 12.2 Å². The summed E-state index contributed by atoms with van der Waals surface area (Å²) in [5.41, 5.74) is 0. The van der Waals surface area contributed by atoms with E-state index in [4.69, 9.17) is 33.2 Å². The van der Waals surface area contributed by atoms with Gasteiger partial charge in [0.1, 0.15) is 13.2 Å². The van der Waals surface area contributed by atoms with Crippen molar-refractivity contribution in [2.45, 2.75) is 271 Å². The number of nitrogens with zero attached hydrogens (tertiary/aromatic N) is 2. The van der Waals surface area contributed by atoms with Crippen LogP contribution in [0.15, 0.2) is 12.2 Å². The summed E-state index contributed by atoms with van der Waals surface area (Å²) in [7, 11) is 0. The Hall–Kier alpha value is -4.21.